The van der Waals surface area contributed by atoms with E-state index >= 15 is 0 Å². The minimum atomic E-state index is -0.0614. The van der Waals surface area contributed by atoms with Gasteiger partial charge in [-0.1, -0.05) is 0 Å². The van der Waals surface area contributed by atoms with Crippen LogP contribution in [0.3, 0.4) is 0 Å². The Labute approximate surface area is 93.8 Å². The molecular weight excluding hydrogens is 300 g/mol. The molecule has 0 bridgehead atoms. The Bertz CT molecular complexity index is 289. The number of nitrogens with one attached hydrogen (secondary N) is 1. The summed E-state index contributed by atoms with van der Waals surface area (Å²) in [6, 6.07) is 1.81. The second-order valence-corrected chi connectivity index (χ2v) is 4.07. The van der Waals surface area contributed by atoms with Gasteiger partial charge in [0.2, 0.25) is 0 Å². The molecule has 0 saturated carbocycles. The first-order valence-corrected chi connectivity index (χ1v) is 5.37. The fourth-order valence-electron chi connectivity index (χ4n) is 1.05. The molecule has 2 N–H and O–H groups in total. The Morgan fingerprint density at radius 1 is 1.62 bits per heavy atom. The number of nitrogens with zero attached hydrogens (tertiary/aromatic N) is 1. The van der Waals surface area contributed by atoms with E-state index in [0.29, 0.717) is 0 Å². The van der Waals surface area contributed by atoms with E-state index in [4.69, 9.17) is 5.11 Å². The Hall–Kier alpha value is 0.0300. The summed E-state index contributed by atoms with van der Waals surface area (Å²) >= 11 is 6.71. The summed E-state index contributed by atoms with van der Waals surface area (Å²) in [6.45, 7) is 0.0611. The van der Waals surface area contributed by atoms with Crippen molar-refractivity contribution < 1.29 is 5.11 Å². The molecule has 0 aliphatic carbocycles. The molecule has 0 saturated heterocycles. The predicted octanol–water partition coefficient (Wildman–Crippen LogP) is 1.86. The smallest absolute Gasteiger partial charge is 0.120 e. The van der Waals surface area contributed by atoms with Crippen LogP contribution in [0.5, 0.6) is 0 Å². The van der Waals surface area contributed by atoms with E-state index in [-0.39, 0.29) is 12.6 Å². The first kappa shape index (κ1) is 11.1. The number of aromatic nitrogens is 1. The number of hydrogen-bond acceptors (Lipinski definition) is 3. The molecule has 13 heavy (non-hydrogen) atoms. The molecule has 5 heteroatoms. The van der Waals surface area contributed by atoms with E-state index in [9.17, 15) is 0 Å². The Kier molecular flexibility index (Phi) is 4.31. The number of likely N-dealkylation sites (N-methyl/N-ethyl adjacent to an activating group) is 1. The van der Waals surface area contributed by atoms with Crippen molar-refractivity contribution in [3.05, 3.63) is 26.9 Å². The van der Waals surface area contributed by atoms with Gasteiger partial charge in [0.05, 0.1) is 17.1 Å². The molecule has 0 radical (unpaired) electrons. The summed E-state index contributed by atoms with van der Waals surface area (Å²) in [5.41, 5.74) is 0.992. The minimum absolute atomic E-state index is 0.0611. The van der Waals surface area contributed by atoms with Crippen molar-refractivity contribution in [2.75, 3.05) is 13.7 Å². The maximum absolute atomic E-state index is 9.08. The molecular formula is C8H10Br2N2O. The third-order valence-electron chi connectivity index (χ3n) is 1.78. The van der Waals surface area contributed by atoms with Gasteiger partial charge in [0.1, 0.15) is 4.60 Å². The van der Waals surface area contributed by atoms with Crippen LogP contribution in [0, 0.1) is 0 Å². The SMILES string of the molecule is CN[C@H](CO)c1ccnc(Br)c1Br. The second kappa shape index (κ2) is 5.05. The molecule has 0 amide bonds. The topological polar surface area (TPSA) is 45.1 Å². The normalized spacial score (nSPS) is 12.9. The molecule has 1 heterocycles. The summed E-state index contributed by atoms with van der Waals surface area (Å²) in [7, 11) is 1.81. The van der Waals surface area contributed by atoms with Gasteiger partial charge >= 0.3 is 0 Å². The maximum Gasteiger partial charge on any atom is 0.120 e. The summed E-state index contributed by atoms with van der Waals surface area (Å²) in [4.78, 5) is 4.05. The molecule has 1 aromatic heterocycles. The predicted molar refractivity (Wildman–Crippen MR) is 58.5 cm³/mol. The Morgan fingerprint density at radius 3 is 2.85 bits per heavy atom. The highest BCUT2D eigenvalue weighted by molar-refractivity contribution is 9.13. The van der Waals surface area contributed by atoms with Crippen molar-refractivity contribution in [1.82, 2.24) is 10.3 Å². The van der Waals surface area contributed by atoms with Gasteiger partial charge in [0.25, 0.3) is 0 Å². The van der Waals surface area contributed by atoms with Crippen LogP contribution in [-0.2, 0) is 0 Å². The lowest BCUT2D eigenvalue weighted by Gasteiger charge is -2.15. The summed E-state index contributed by atoms with van der Waals surface area (Å²) in [6.07, 6.45) is 1.70. The molecule has 0 fully saturated rings. The molecule has 72 valence electrons. The Balaban J connectivity index is 3.05. The molecule has 0 aliphatic rings. The van der Waals surface area contributed by atoms with Crippen LogP contribution in [0.2, 0.25) is 0 Å². The molecule has 0 spiro atoms. The second-order valence-electron chi connectivity index (χ2n) is 2.53. The van der Waals surface area contributed by atoms with Gasteiger partial charge in [-0.05, 0) is 50.5 Å². The number of aliphatic hydroxyl groups is 1. The summed E-state index contributed by atoms with van der Waals surface area (Å²) in [5, 5.41) is 12.1. The number of halogens is 2. The van der Waals surface area contributed by atoms with Crippen molar-refractivity contribution in [2.24, 2.45) is 0 Å². The monoisotopic (exact) mass is 308 g/mol. The van der Waals surface area contributed by atoms with E-state index in [2.05, 4.69) is 42.2 Å². The van der Waals surface area contributed by atoms with E-state index in [1.807, 2.05) is 13.1 Å². The van der Waals surface area contributed by atoms with Crippen LogP contribution in [0.25, 0.3) is 0 Å². The first-order valence-electron chi connectivity index (χ1n) is 3.78. The van der Waals surface area contributed by atoms with Crippen LogP contribution in [0.15, 0.2) is 21.3 Å². The zero-order chi connectivity index (χ0) is 9.84. The van der Waals surface area contributed by atoms with Gasteiger partial charge in [0, 0.05) is 6.20 Å². The average molecular weight is 310 g/mol. The van der Waals surface area contributed by atoms with E-state index in [1.165, 1.54) is 0 Å². The highest BCUT2D eigenvalue weighted by atomic mass is 79.9. The third-order valence-corrected chi connectivity index (χ3v) is 3.75. The number of pyridine rings is 1. The minimum Gasteiger partial charge on any atom is -0.394 e. The average Bonchev–Trinajstić information content (AvgIpc) is 2.14. The maximum atomic E-state index is 9.08. The lowest BCUT2D eigenvalue weighted by atomic mass is 10.1. The standard InChI is InChI=1S/C8H10Br2N2O/c1-11-6(4-13)5-2-3-12-8(10)7(5)9/h2-3,6,11,13H,4H2,1H3/t6-/m1/s1. The Morgan fingerprint density at radius 2 is 2.31 bits per heavy atom. The zero-order valence-corrected chi connectivity index (χ0v) is 10.3. The third kappa shape index (κ3) is 2.49. The largest absolute Gasteiger partial charge is 0.394 e. The molecule has 0 aliphatic heterocycles. The summed E-state index contributed by atoms with van der Waals surface area (Å²) < 4.78 is 1.63. The van der Waals surface area contributed by atoms with Gasteiger partial charge in [-0.25, -0.2) is 4.98 Å². The van der Waals surface area contributed by atoms with Crippen molar-refractivity contribution in [2.45, 2.75) is 6.04 Å². The van der Waals surface area contributed by atoms with E-state index in [0.717, 1.165) is 14.6 Å². The van der Waals surface area contributed by atoms with Crippen LogP contribution in [0.4, 0.5) is 0 Å². The highest BCUT2D eigenvalue weighted by Gasteiger charge is 2.13. The molecule has 1 rings (SSSR count). The fourth-order valence-corrected chi connectivity index (χ4v) is 1.90. The van der Waals surface area contributed by atoms with Crippen LogP contribution >= 0.6 is 31.9 Å². The molecule has 0 unspecified atom stereocenters. The first-order chi connectivity index (χ1) is 6.20. The number of aliphatic hydroxyl groups excluding tert-OH is 1. The van der Waals surface area contributed by atoms with E-state index in [1.54, 1.807) is 6.20 Å². The van der Waals surface area contributed by atoms with E-state index < -0.39 is 0 Å². The van der Waals surface area contributed by atoms with Gasteiger partial charge in [-0.2, -0.15) is 0 Å². The van der Waals surface area contributed by atoms with Crippen molar-refractivity contribution in [1.29, 1.82) is 0 Å². The summed E-state index contributed by atoms with van der Waals surface area (Å²) in [5.74, 6) is 0. The van der Waals surface area contributed by atoms with Crippen LogP contribution in [0.1, 0.15) is 11.6 Å². The van der Waals surface area contributed by atoms with Crippen molar-refractivity contribution >= 4 is 31.9 Å². The lowest BCUT2D eigenvalue weighted by molar-refractivity contribution is 0.250. The molecule has 1 atom stereocenters. The van der Waals surface area contributed by atoms with Crippen LogP contribution < -0.4 is 5.32 Å². The molecule has 1 aromatic rings. The lowest BCUT2D eigenvalue weighted by Crippen LogP contribution is -2.20. The highest BCUT2D eigenvalue weighted by Crippen LogP contribution is 2.28. The quantitative estimate of drug-likeness (QED) is 0.838. The molecule has 0 aromatic carbocycles. The van der Waals surface area contributed by atoms with Gasteiger partial charge in [-0.15, -0.1) is 0 Å². The van der Waals surface area contributed by atoms with Crippen molar-refractivity contribution in [3.8, 4) is 0 Å². The van der Waals surface area contributed by atoms with Crippen LogP contribution in [-0.4, -0.2) is 23.7 Å². The molecule has 3 nitrogen and oxygen atoms in total. The van der Waals surface area contributed by atoms with Gasteiger partial charge < -0.3 is 10.4 Å². The number of rotatable bonds is 3. The zero-order valence-electron chi connectivity index (χ0n) is 7.09. The van der Waals surface area contributed by atoms with Gasteiger partial charge in [-0.3, -0.25) is 0 Å². The number of hydrogen-bond donors (Lipinski definition) is 2. The fraction of sp³-hybridized carbons (Fsp3) is 0.375. The van der Waals surface area contributed by atoms with Gasteiger partial charge in [0.15, 0.2) is 0 Å². The van der Waals surface area contributed by atoms with Crippen molar-refractivity contribution in [3.63, 3.8) is 0 Å².